The Hall–Kier alpha value is 0.0649. The first-order valence-corrected chi connectivity index (χ1v) is 8.20. The summed E-state index contributed by atoms with van der Waals surface area (Å²) < 4.78 is 0. The molecule has 1 unspecified atom stereocenters. The molecular formula is C16H35B. The lowest BCUT2D eigenvalue weighted by Gasteiger charge is -2.13. The van der Waals surface area contributed by atoms with E-state index >= 15 is 0 Å². The average Bonchev–Trinajstić information content (AvgIpc) is 2.33. The van der Waals surface area contributed by atoms with Gasteiger partial charge in [-0.1, -0.05) is 97.2 Å². The molecule has 0 nitrogen and oxygen atoms in total. The predicted octanol–water partition coefficient (Wildman–Crippen LogP) is 5.38. The van der Waals surface area contributed by atoms with Gasteiger partial charge < -0.3 is 0 Å². The minimum atomic E-state index is 0.941. The van der Waals surface area contributed by atoms with Crippen LogP contribution >= 0.6 is 0 Å². The molecule has 0 saturated heterocycles. The van der Waals surface area contributed by atoms with E-state index in [2.05, 4.69) is 28.6 Å². The third-order valence-electron chi connectivity index (χ3n) is 4.14. The summed E-state index contributed by atoms with van der Waals surface area (Å²) in [5, 5.41) is 0. The van der Waals surface area contributed by atoms with E-state index in [9.17, 15) is 0 Å². The Bertz CT molecular complexity index is 144. The first kappa shape index (κ1) is 17.1. The largest absolute Gasteiger partial charge is 0.105 e. The minimum Gasteiger partial charge on any atom is -0.0697 e. The van der Waals surface area contributed by atoms with E-state index in [1.807, 2.05) is 0 Å². The van der Waals surface area contributed by atoms with Crippen molar-refractivity contribution in [2.45, 2.75) is 97.2 Å². The highest BCUT2D eigenvalue weighted by molar-refractivity contribution is 6.11. The SMILES string of the molecule is BC(CCCCCCCC)CCC[C@@H](C)CC. The van der Waals surface area contributed by atoms with E-state index in [1.54, 1.807) is 0 Å². The second-order valence-corrected chi connectivity index (χ2v) is 6.11. The number of hydrogen-bond acceptors (Lipinski definition) is 0. The summed E-state index contributed by atoms with van der Waals surface area (Å²) in [5.41, 5.74) is 0. The Morgan fingerprint density at radius 1 is 0.765 bits per heavy atom. The highest BCUT2D eigenvalue weighted by Crippen LogP contribution is 2.21. The van der Waals surface area contributed by atoms with Gasteiger partial charge in [0.1, 0.15) is 7.85 Å². The van der Waals surface area contributed by atoms with Crippen molar-refractivity contribution in [2.24, 2.45) is 5.92 Å². The summed E-state index contributed by atoms with van der Waals surface area (Å²) >= 11 is 0. The van der Waals surface area contributed by atoms with E-state index in [1.165, 1.54) is 70.6 Å². The van der Waals surface area contributed by atoms with Crippen molar-refractivity contribution in [3.8, 4) is 0 Å². The van der Waals surface area contributed by atoms with Gasteiger partial charge in [-0.3, -0.25) is 0 Å². The van der Waals surface area contributed by atoms with Crippen LogP contribution < -0.4 is 0 Å². The van der Waals surface area contributed by atoms with Crippen LogP contribution in [0.5, 0.6) is 0 Å². The van der Waals surface area contributed by atoms with Crippen LogP contribution in [0, 0.1) is 5.92 Å². The lowest BCUT2D eigenvalue weighted by Crippen LogP contribution is -1.97. The first-order valence-electron chi connectivity index (χ1n) is 8.20. The molecule has 0 bridgehead atoms. The summed E-state index contributed by atoms with van der Waals surface area (Å²) in [6.07, 6.45) is 15.8. The molecular weight excluding hydrogens is 203 g/mol. The molecule has 0 aromatic rings. The van der Waals surface area contributed by atoms with Gasteiger partial charge in [0, 0.05) is 0 Å². The number of unbranched alkanes of at least 4 members (excludes halogenated alkanes) is 5. The molecule has 1 heteroatoms. The summed E-state index contributed by atoms with van der Waals surface area (Å²) in [5.74, 6) is 1.90. The van der Waals surface area contributed by atoms with Crippen molar-refractivity contribution in [3.63, 3.8) is 0 Å². The van der Waals surface area contributed by atoms with Gasteiger partial charge in [0.15, 0.2) is 0 Å². The van der Waals surface area contributed by atoms with Crippen molar-refractivity contribution in [1.29, 1.82) is 0 Å². The van der Waals surface area contributed by atoms with Crippen LogP contribution in [-0.4, -0.2) is 7.85 Å². The highest BCUT2D eigenvalue weighted by atomic mass is 14.1. The zero-order valence-corrected chi connectivity index (χ0v) is 12.9. The van der Waals surface area contributed by atoms with E-state index in [-0.39, 0.29) is 0 Å². The maximum Gasteiger partial charge on any atom is 0.105 e. The molecule has 0 fully saturated rings. The van der Waals surface area contributed by atoms with Gasteiger partial charge in [0.25, 0.3) is 0 Å². The molecule has 0 N–H and O–H groups in total. The van der Waals surface area contributed by atoms with E-state index in [4.69, 9.17) is 0 Å². The van der Waals surface area contributed by atoms with Crippen molar-refractivity contribution >= 4 is 7.85 Å². The van der Waals surface area contributed by atoms with Crippen LogP contribution in [0.25, 0.3) is 0 Å². The molecule has 0 aliphatic heterocycles. The fourth-order valence-electron chi connectivity index (χ4n) is 2.44. The van der Waals surface area contributed by atoms with Crippen molar-refractivity contribution in [3.05, 3.63) is 0 Å². The fraction of sp³-hybridized carbons (Fsp3) is 1.00. The number of rotatable bonds is 12. The second kappa shape index (κ2) is 12.5. The second-order valence-electron chi connectivity index (χ2n) is 6.11. The zero-order chi connectivity index (χ0) is 12.9. The van der Waals surface area contributed by atoms with Crippen LogP contribution in [0.2, 0.25) is 5.82 Å². The summed E-state index contributed by atoms with van der Waals surface area (Å²) in [7, 11) is 2.45. The van der Waals surface area contributed by atoms with E-state index in [0.717, 1.165) is 11.7 Å². The van der Waals surface area contributed by atoms with Gasteiger partial charge in [-0.05, 0) is 5.92 Å². The third kappa shape index (κ3) is 12.3. The number of hydrogen-bond donors (Lipinski definition) is 0. The molecule has 0 spiro atoms. The zero-order valence-electron chi connectivity index (χ0n) is 12.9. The standard InChI is InChI=1S/C16H35B/c1-4-6-7-8-9-10-13-16(17)14-11-12-15(3)5-2/h15-16H,4-14,17H2,1-3H3/t15-,16?/m0/s1. The quantitative estimate of drug-likeness (QED) is 0.316. The molecule has 102 valence electrons. The smallest absolute Gasteiger partial charge is 0.0697 e. The van der Waals surface area contributed by atoms with E-state index in [0.29, 0.717) is 0 Å². The Morgan fingerprint density at radius 2 is 1.35 bits per heavy atom. The van der Waals surface area contributed by atoms with Crippen LogP contribution in [0.15, 0.2) is 0 Å². The Kier molecular flexibility index (Phi) is 12.6. The lowest BCUT2D eigenvalue weighted by molar-refractivity contribution is 0.469. The molecule has 17 heavy (non-hydrogen) atoms. The van der Waals surface area contributed by atoms with Crippen molar-refractivity contribution in [1.82, 2.24) is 0 Å². The summed E-state index contributed by atoms with van der Waals surface area (Å²) in [6, 6.07) is 0. The van der Waals surface area contributed by atoms with Crippen LogP contribution in [0.3, 0.4) is 0 Å². The molecule has 0 heterocycles. The topological polar surface area (TPSA) is 0 Å². The average molecular weight is 238 g/mol. The van der Waals surface area contributed by atoms with Gasteiger partial charge in [-0.15, -0.1) is 0 Å². The van der Waals surface area contributed by atoms with Crippen LogP contribution in [0.1, 0.15) is 91.4 Å². The monoisotopic (exact) mass is 238 g/mol. The van der Waals surface area contributed by atoms with Gasteiger partial charge in [-0.2, -0.15) is 0 Å². The summed E-state index contributed by atoms with van der Waals surface area (Å²) in [6.45, 7) is 6.99. The fourth-order valence-corrected chi connectivity index (χ4v) is 2.44. The molecule has 0 aliphatic rings. The highest BCUT2D eigenvalue weighted by Gasteiger charge is 2.04. The maximum atomic E-state index is 2.45. The van der Waals surface area contributed by atoms with Crippen molar-refractivity contribution in [2.75, 3.05) is 0 Å². The molecule has 0 aromatic carbocycles. The van der Waals surface area contributed by atoms with Gasteiger partial charge in [0.2, 0.25) is 0 Å². The molecule has 0 aliphatic carbocycles. The van der Waals surface area contributed by atoms with E-state index < -0.39 is 0 Å². The Balaban J connectivity index is 3.20. The van der Waals surface area contributed by atoms with Gasteiger partial charge >= 0.3 is 0 Å². The molecule has 0 saturated carbocycles. The Labute approximate surface area is 111 Å². The minimum absolute atomic E-state index is 0.941. The molecule has 0 radical (unpaired) electrons. The van der Waals surface area contributed by atoms with Crippen LogP contribution in [-0.2, 0) is 0 Å². The Morgan fingerprint density at radius 3 is 2.00 bits per heavy atom. The lowest BCUT2D eigenvalue weighted by atomic mass is 9.78. The molecule has 0 aromatic heterocycles. The maximum absolute atomic E-state index is 2.45. The first-order chi connectivity index (χ1) is 8.20. The van der Waals surface area contributed by atoms with Gasteiger partial charge in [0.05, 0.1) is 0 Å². The normalized spacial score (nSPS) is 14.8. The third-order valence-corrected chi connectivity index (χ3v) is 4.14. The summed E-state index contributed by atoms with van der Waals surface area (Å²) in [4.78, 5) is 0. The molecule has 2 atom stereocenters. The molecule has 0 rings (SSSR count). The van der Waals surface area contributed by atoms with Gasteiger partial charge in [-0.25, -0.2) is 0 Å². The van der Waals surface area contributed by atoms with Crippen LogP contribution in [0.4, 0.5) is 0 Å². The molecule has 0 amide bonds. The predicted molar refractivity (Wildman–Crippen MR) is 83.6 cm³/mol. The van der Waals surface area contributed by atoms with Crippen molar-refractivity contribution < 1.29 is 0 Å².